The molecule has 2 aromatic carbocycles. The summed E-state index contributed by atoms with van der Waals surface area (Å²) in [6.45, 7) is 7.78. The molecule has 33 heavy (non-hydrogen) atoms. The summed E-state index contributed by atoms with van der Waals surface area (Å²) in [5.41, 5.74) is 3.58. The predicted octanol–water partition coefficient (Wildman–Crippen LogP) is 4.01. The molecule has 4 aromatic rings. The number of aromatic amines is 1. The highest BCUT2D eigenvalue weighted by atomic mass is 35.5. The molecule has 172 valence electrons. The Balaban J connectivity index is 1.23. The zero-order chi connectivity index (χ0) is 22.9. The summed E-state index contributed by atoms with van der Waals surface area (Å²) in [7, 11) is 0. The molecular weight excluding hydrogens is 438 g/mol. The Kier molecular flexibility index (Phi) is 6.00. The molecule has 2 aromatic heterocycles. The largest absolute Gasteiger partial charge is 0.329 e. The highest BCUT2D eigenvalue weighted by Crippen LogP contribution is 2.26. The van der Waals surface area contributed by atoms with E-state index < -0.39 is 0 Å². The van der Waals surface area contributed by atoms with Gasteiger partial charge >= 0.3 is 11.4 Å². The van der Waals surface area contributed by atoms with Crippen LogP contribution in [0.5, 0.6) is 0 Å². The van der Waals surface area contributed by atoms with Crippen molar-refractivity contribution in [3.8, 4) is 0 Å². The number of allylic oxidation sites excluding steroid dienone is 1. The molecular formula is C25H28ClN5O2. The van der Waals surface area contributed by atoms with Gasteiger partial charge in [0.2, 0.25) is 0 Å². The van der Waals surface area contributed by atoms with Crippen molar-refractivity contribution in [2.75, 3.05) is 19.6 Å². The number of likely N-dealkylation sites (tertiary alicyclic amines) is 1. The van der Waals surface area contributed by atoms with Crippen molar-refractivity contribution in [1.82, 2.24) is 23.6 Å². The average Bonchev–Trinajstić information content (AvgIpc) is 3.28. The normalized spacial score (nSPS) is 15.5. The van der Waals surface area contributed by atoms with Gasteiger partial charge in [-0.2, -0.15) is 0 Å². The van der Waals surface area contributed by atoms with Crippen LogP contribution in [0.2, 0.25) is 5.02 Å². The minimum absolute atomic E-state index is 0.0219. The van der Waals surface area contributed by atoms with Gasteiger partial charge in [0.05, 0.1) is 22.1 Å². The van der Waals surface area contributed by atoms with Crippen molar-refractivity contribution in [1.29, 1.82) is 0 Å². The fourth-order valence-electron chi connectivity index (χ4n) is 5.11. The van der Waals surface area contributed by atoms with Crippen molar-refractivity contribution in [3.05, 3.63) is 81.1 Å². The molecule has 1 saturated heterocycles. The number of H-pyrrole nitrogens is 1. The van der Waals surface area contributed by atoms with E-state index in [-0.39, 0.29) is 17.4 Å². The van der Waals surface area contributed by atoms with Gasteiger partial charge in [-0.05, 0) is 56.1 Å². The standard InChI is InChI=1S/C25H28ClN5O2/c1-2-12-29-22-6-3-4-7-23(22)30(25(29)33)14-5-13-28-15-10-19(11-16-28)31-21-9-8-18(26)17-20(21)27-24(31)32/h2-4,6-9,17,19H,1,5,10-16H2,(H,27,32). The number of aryl methyl sites for hydroxylation is 1. The number of aromatic nitrogens is 4. The maximum absolute atomic E-state index is 12.9. The maximum atomic E-state index is 12.9. The molecule has 0 bridgehead atoms. The first kappa shape index (κ1) is 21.8. The van der Waals surface area contributed by atoms with Crippen molar-refractivity contribution < 1.29 is 0 Å². The Morgan fingerprint density at radius 3 is 2.45 bits per heavy atom. The predicted molar refractivity (Wildman–Crippen MR) is 133 cm³/mol. The summed E-state index contributed by atoms with van der Waals surface area (Å²) >= 11 is 6.07. The van der Waals surface area contributed by atoms with Crippen LogP contribution in [0.3, 0.4) is 0 Å². The minimum Gasteiger partial charge on any atom is -0.305 e. The van der Waals surface area contributed by atoms with Crippen molar-refractivity contribution in [2.24, 2.45) is 0 Å². The molecule has 0 atom stereocenters. The molecule has 0 amide bonds. The van der Waals surface area contributed by atoms with E-state index in [9.17, 15) is 9.59 Å². The lowest BCUT2D eigenvalue weighted by Gasteiger charge is -2.32. The number of piperidine rings is 1. The van der Waals surface area contributed by atoms with E-state index in [4.69, 9.17) is 11.6 Å². The number of imidazole rings is 2. The zero-order valence-electron chi connectivity index (χ0n) is 18.5. The molecule has 0 unspecified atom stereocenters. The van der Waals surface area contributed by atoms with Gasteiger partial charge in [0.1, 0.15) is 0 Å². The van der Waals surface area contributed by atoms with E-state index in [1.807, 2.05) is 45.5 Å². The fourth-order valence-corrected chi connectivity index (χ4v) is 5.29. The molecule has 1 fully saturated rings. The van der Waals surface area contributed by atoms with Crippen molar-refractivity contribution in [3.63, 3.8) is 0 Å². The third-order valence-electron chi connectivity index (χ3n) is 6.69. The molecule has 1 N–H and O–H groups in total. The molecule has 7 nitrogen and oxygen atoms in total. The smallest absolute Gasteiger partial charge is 0.305 e. The van der Waals surface area contributed by atoms with Gasteiger partial charge < -0.3 is 9.88 Å². The summed E-state index contributed by atoms with van der Waals surface area (Å²) in [5, 5.41) is 0.623. The molecule has 8 heteroatoms. The van der Waals surface area contributed by atoms with Crippen LogP contribution in [0, 0.1) is 0 Å². The minimum atomic E-state index is -0.0685. The Morgan fingerprint density at radius 1 is 1.00 bits per heavy atom. The number of halogens is 1. The van der Waals surface area contributed by atoms with Gasteiger partial charge in [-0.3, -0.25) is 13.7 Å². The van der Waals surface area contributed by atoms with E-state index >= 15 is 0 Å². The second-order valence-corrected chi connectivity index (χ2v) is 9.15. The van der Waals surface area contributed by atoms with Gasteiger partial charge in [0.15, 0.2) is 0 Å². The number of para-hydroxylation sites is 2. The third-order valence-corrected chi connectivity index (χ3v) is 6.93. The SMILES string of the molecule is C=CCn1c(=O)n(CCCN2CCC(n3c(=O)[nH]c4cc(Cl)ccc43)CC2)c2ccccc21. The summed E-state index contributed by atoms with van der Waals surface area (Å²) in [6.07, 6.45) is 4.51. The van der Waals surface area contributed by atoms with Crippen LogP contribution in [0.4, 0.5) is 0 Å². The molecule has 0 radical (unpaired) electrons. The number of hydrogen-bond acceptors (Lipinski definition) is 3. The van der Waals surface area contributed by atoms with E-state index in [1.54, 1.807) is 16.7 Å². The lowest BCUT2D eigenvalue weighted by molar-refractivity contribution is 0.183. The topological polar surface area (TPSA) is 68.0 Å². The monoisotopic (exact) mass is 465 g/mol. The second kappa shape index (κ2) is 9.08. The number of nitrogens with zero attached hydrogens (tertiary/aromatic N) is 4. The summed E-state index contributed by atoms with van der Waals surface area (Å²) in [4.78, 5) is 30.8. The summed E-state index contributed by atoms with van der Waals surface area (Å²) < 4.78 is 5.54. The lowest BCUT2D eigenvalue weighted by Crippen LogP contribution is -2.38. The number of rotatable bonds is 7. The van der Waals surface area contributed by atoms with Crippen LogP contribution in [0.1, 0.15) is 25.3 Å². The third kappa shape index (κ3) is 4.07. The van der Waals surface area contributed by atoms with Crippen LogP contribution >= 0.6 is 11.6 Å². The maximum Gasteiger partial charge on any atom is 0.329 e. The number of hydrogen-bond donors (Lipinski definition) is 1. The average molecular weight is 466 g/mol. The van der Waals surface area contributed by atoms with E-state index in [1.165, 1.54) is 0 Å². The van der Waals surface area contributed by atoms with Crippen LogP contribution in [0.15, 0.2) is 64.7 Å². The van der Waals surface area contributed by atoms with Gasteiger partial charge in [-0.15, -0.1) is 6.58 Å². The van der Waals surface area contributed by atoms with Crippen LogP contribution in [-0.4, -0.2) is 43.2 Å². The first-order valence-corrected chi connectivity index (χ1v) is 11.9. The van der Waals surface area contributed by atoms with Gasteiger partial charge in [-0.1, -0.05) is 29.8 Å². The Bertz CT molecular complexity index is 1420. The summed E-state index contributed by atoms with van der Waals surface area (Å²) in [5.74, 6) is 0. The Hall–Kier alpha value is -3.03. The summed E-state index contributed by atoms with van der Waals surface area (Å²) in [6, 6.07) is 13.7. The quantitative estimate of drug-likeness (QED) is 0.419. The Morgan fingerprint density at radius 2 is 1.73 bits per heavy atom. The van der Waals surface area contributed by atoms with E-state index in [2.05, 4.69) is 16.5 Å². The highest BCUT2D eigenvalue weighted by Gasteiger charge is 2.23. The van der Waals surface area contributed by atoms with Crippen LogP contribution in [0.25, 0.3) is 22.1 Å². The molecule has 3 heterocycles. The van der Waals surface area contributed by atoms with Crippen molar-refractivity contribution >= 4 is 33.7 Å². The number of benzene rings is 2. The van der Waals surface area contributed by atoms with E-state index in [0.29, 0.717) is 18.1 Å². The van der Waals surface area contributed by atoms with E-state index in [0.717, 1.165) is 61.0 Å². The molecule has 5 rings (SSSR count). The van der Waals surface area contributed by atoms with Crippen LogP contribution < -0.4 is 11.4 Å². The zero-order valence-corrected chi connectivity index (χ0v) is 19.3. The van der Waals surface area contributed by atoms with Gasteiger partial charge in [0.25, 0.3) is 0 Å². The Labute approximate surface area is 196 Å². The first-order chi connectivity index (χ1) is 16.1. The lowest BCUT2D eigenvalue weighted by atomic mass is 10.0. The van der Waals surface area contributed by atoms with Gasteiger partial charge in [-0.25, -0.2) is 9.59 Å². The first-order valence-electron chi connectivity index (χ1n) is 11.5. The van der Waals surface area contributed by atoms with Crippen molar-refractivity contribution in [2.45, 2.75) is 38.4 Å². The highest BCUT2D eigenvalue weighted by molar-refractivity contribution is 6.31. The fraction of sp³-hybridized carbons (Fsp3) is 0.360. The molecule has 1 aliphatic heterocycles. The second-order valence-electron chi connectivity index (χ2n) is 8.71. The van der Waals surface area contributed by atoms with Gasteiger partial charge in [0, 0.05) is 37.2 Å². The molecule has 0 spiro atoms. The molecule has 0 aliphatic carbocycles. The molecule has 0 saturated carbocycles. The number of fused-ring (bicyclic) bond motifs is 2. The number of nitrogens with one attached hydrogen (secondary N) is 1. The molecule has 1 aliphatic rings. The van der Waals surface area contributed by atoms with Crippen LogP contribution in [-0.2, 0) is 13.1 Å².